The van der Waals surface area contributed by atoms with E-state index in [2.05, 4.69) is 42.2 Å². The molecule has 0 aromatic carbocycles. The number of halogens is 2. The molecule has 96 valence electrons. The number of pyridine rings is 1. The molecule has 0 spiro atoms. The second-order valence-electron chi connectivity index (χ2n) is 3.74. The SMILES string of the molecule is CS(=O)(=O)CCCNCc1ncc(Br)cc1Br. The van der Waals surface area contributed by atoms with Gasteiger partial charge in [0.1, 0.15) is 9.84 Å². The number of hydrogen-bond donors (Lipinski definition) is 1. The maximum absolute atomic E-state index is 10.9. The average molecular weight is 386 g/mol. The number of nitrogens with zero attached hydrogens (tertiary/aromatic N) is 1. The summed E-state index contributed by atoms with van der Waals surface area (Å²) in [5.74, 6) is 0.217. The van der Waals surface area contributed by atoms with Gasteiger partial charge in [0.15, 0.2) is 0 Å². The Hall–Kier alpha value is 0.0200. The summed E-state index contributed by atoms with van der Waals surface area (Å²) in [7, 11) is -2.85. The molecule has 0 saturated heterocycles. The molecule has 0 radical (unpaired) electrons. The first-order valence-electron chi connectivity index (χ1n) is 5.07. The minimum atomic E-state index is -2.85. The molecule has 0 aliphatic carbocycles. The van der Waals surface area contributed by atoms with Gasteiger partial charge in [0, 0.05) is 27.9 Å². The van der Waals surface area contributed by atoms with Crippen LogP contribution in [0.3, 0.4) is 0 Å². The van der Waals surface area contributed by atoms with Crippen LogP contribution in [0, 0.1) is 0 Å². The van der Waals surface area contributed by atoms with Gasteiger partial charge in [-0.15, -0.1) is 0 Å². The molecule has 0 unspecified atom stereocenters. The van der Waals surface area contributed by atoms with Crippen LogP contribution >= 0.6 is 31.9 Å². The highest BCUT2D eigenvalue weighted by Gasteiger charge is 2.03. The Morgan fingerprint density at radius 2 is 2.12 bits per heavy atom. The molecule has 7 heteroatoms. The molecule has 0 aliphatic rings. The molecule has 1 N–H and O–H groups in total. The Kier molecular flexibility index (Phi) is 6.05. The predicted molar refractivity (Wildman–Crippen MR) is 75.7 cm³/mol. The number of rotatable bonds is 6. The minimum Gasteiger partial charge on any atom is -0.311 e. The van der Waals surface area contributed by atoms with Crippen LogP contribution in [0.15, 0.2) is 21.2 Å². The summed E-state index contributed by atoms with van der Waals surface area (Å²) < 4.78 is 23.7. The highest BCUT2D eigenvalue weighted by molar-refractivity contribution is 9.11. The summed E-state index contributed by atoms with van der Waals surface area (Å²) in [5.41, 5.74) is 0.910. The molecule has 1 heterocycles. The lowest BCUT2D eigenvalue weighted by molar-refractivity contribution is 0.593. The second kappa shape index (κ2) is 6.82. The van der Waals surface area contributed by atoms with Crippen LogP contribution in [0.5, 0.6) is 0 Å². The van der Waals surface area contributed by atoms with E-state index in [9.17, 15) is 8.42 Å². The predicted octanol–water partition coefficient (Wildman–Crippen LogP) is 2.13. The minimum absolute atomic E-state index is 0.217. The summed E-state index contributed by atoms with van der Waals surface area (Å²) >= 11 is 6.75. The zero-order valence-corrected chi connectivity index (χ0v) is 13.4. The van der Waals surface area contributed by atoms with E-state index in [1.54, 1.807) is 6.20 Å². The summed E-state index contributed by atoms with van der Waals surface area (Å²) in [4.78, 5) is 4.25. The topological polar surface area (TPSA) is 59.1 Å². The first-order valence-corrected chi connectivity index (χ1v) is 8.71. The van der Waals surface area contributed by atoms with Gasteiger partial charge in [-0.25, -0.2) is 8.42 Å². The van der Waals surface area contributed by atoms with Crippen LogP contribution in [0.4, 0.5) is 0 Å². The van der Waals surface area contributed by atoms with Crippen molar-refractivity contribution in [1.82, 2.24) is 10.3 Å². The van der Waals surface area contributed by atoms with Crippen LogP contribution in [-0.4, -0.2) is 32.0 Å². The van der Waals surface area contributed by atoms with Crippen molar-refractivity contribution in [3.8, 4) is 0 Å². The summed E-state index contributed by atoms with van der Waals surface area (Å²) in [6, 6.07) is 1.93. The lowest BCUT2D eigenvalue weighted by atomic mass is 10.3. The van der Waals surface area contributed by atoms with Gasteiger partial charge in [-0.2, -0.15) is 0 Å². The van der Waals surface area contributed by atoms with Crippen LogP contribution in [-0.2, 0) is 16.4 Å². The van der Waals surface area contributed by atoms with E-state index in [1.807, 2.05) is 6.07 Å². The standard InChI is InChI=1S/C10H14Br2N2O2S/c1-17(15,16)4-2-3-13-7-10-9(12)5-8(11)6-14-10/h5-6,13H,2-4,7H2,1H3. The van der Waals surface area contributed by atoms with Crippen molar-refractivity contribution in [2.45, 2.75) is 13.0 Å². The molecule has 1 aromatic heterocycles. The number of aromatic nitrogens is 1. The molecule has 1 aromatic rings. The van der Waals surface area contributed by atoms with Crippen molar-refractivity contribution in [2.24, 2.45) is 0 Å². The number of sulfone groups is 1. The van der Waals surface area contributed by atoms with Crippen LogP contribution in [0.2, 0.25) is 0 Å². The third kappa shape index (κ3) is 6.49. The Balaban J connectivity index is 2.32. The monoisotopic (exact) mass is 384 g/mol. The first kappa shape index (κ1) is 15.1. The van der Waals surface area contributed by atoms with Gasteiger partial charge in [0.05, 0.1) is 11.4 Å². The van der Waals surface area contributed by atoms with Gasteiger partial charge in [0.2, 0.25) is 0 Å². The molecule has 1 rings (SSSR count). The van der Waals surface area contributed by atoms with Crippen molar-refractivity contribution in [3.63, 3.8) is 0 Å². The smallest absolute Gasteiger partial charge is 0.147 e. The largest absolute Gasteiger partial charge is 0.311 e. The Morgan fingerprint density at radius 1 is 1.41 bits per heavy atom. The van der Waals surface area contributed by atoms with Crippen LogP contribution < -0.4 is 5.32 Å². The third-order valence-corrected chi connectivity index (χ3v) is 4.20. The van der Waals surface area contributed by atoms with E-state index in [-0.39, 0.29) is 5.75 Å². The van der Waals surface area contributed by atoms with Gasteiger partial charge in [-0.3, -0.25) is 4.98 Å². The summed E-state index contributed by atoms with van der Waals surface area (Å²) in [5, 5.41) is 3.16. The second-order valence-corrected chi connectivity index (χ2v) is 7.77. The molecular formula is C10H14Br2N2O2S. The normalized spacial score (nSPS) is 11.7. The first-order chi connectivity index (χ1) is 7.88. The average Bonchev–Trinajstić information content (AvgIpc) is 2.18. The number of hydrogen-bond acceptors (Lipinski definition) is 4. The van der Waals surface area contributed by atoms with Crippen LogP contribution in [0.25, 0.3) is 0 Å². The van der Waals surface area contributed by atoms with E-state index in [4.69, 9.17) is 0 Å². The summed E-state index contributed by atoms with van der Waals surface area (Å²) in [6.45, 7) is 1.29. The van der Waals surface area contributed by atoms with Gasteiger partial charge < -0.3 is 5.32 Å². The van der Waals surface area contributed by atoms with E-state index < -0.39 is 9.84 Å². The van der Waals surface area contributed by atoms with Gasteiger partial charge in [-0.1, -0.05) is 0 Å². The molecule has 0 amide bonds. The maximum atomic E-state index is 10.9. The van der Waals surface area contributed by atoms with Crippen molar-refractivity contribution in [3.05, 3.63) is 26.9 Å². The highest BCUT2D eigenvalue weighted by atomic mass is 79.9. The molecule has 0 atom stereocenters. The molecule has 0 fully saturated rings. The Morgan fingerprint density at radius 3 is 2.71 bits per heavy atom. The number of nitrogens with one attached hydrogen (secondary N) is 1. The molecule has 0 aliphatic heterocycles. The van der Waals surface area contributed by atoms with Gasteiger partial charge in [0.25, 0.3) is 0 Å². The fourth-order valence-corrected chi connectivity index (χ4v) is 3.04. The fourth-order valence-electron chi connectivity index (χ4n) is 1.24. The van der Waals surface area contributed by atoms with Crippen molar-refractivity contribution in [1.29, 1.82) is 0 Å². The zero-order chi connectivity index (χ0) is 12.9. The van der Waals surface area contributed by atoms with Crippen LogP contribution in [0.1, 0.15) is 12.1 Å². The molecular weight excluding hydrogens is 372 g/mol. The molecule has 0 bridgehead atoms. The Bertz CT molecular complexity index is 477. The highest BCUT2D eigenvalue weighted by Crippen LogP contribution is 2.19. The molecule has 4 nitrogen and oxygen atoms in total. The molecule has 17 heavy (non-hydrogen) atoms. The van der Waals surface area contributed by atoms with E-state index >= 15 is 0 Å². The van der Waals surface area contributed by atoms with Crippen molar-refractivity contribution < 1.29 is 8.42 Å². The van der Waals surface area contributed by atoms with Crippen molar-refractivity contribution in [2.75, 3.05) is 18.6 Å². The van der Waals surface area contributed by atoms with Gasteiger partial charge in [-0.05, 0) is 50.9 Å². The quantitative estimate of drug-likeness (QED) is 0.762. The lowest BCUT2D eigenvalue weighted by Gasteiger charge is -2.06. The van der Waals surface area contributed by atoms with Crippen molar-refractivity contribution >= 4 is 41.7 Å². The third-order valence-electron chi connectivity index (χ3n) is 2.05. The Labute approximate surface area is 118 Å². The lowest BCUT2D eigenvalue weighted by Crippen LogP contribution is -2.18. The zero-order valence-electron chi connectivity index (χ0n) is 9.41. The fraction of sp³-hybridized carbons (Fsp3) is 0.500. The van der Waals surface area contributed by atoms with E-state index in [1.165, 1.54) is 6.26 Å². The van der Waals surface area contributed by atoms with E-state index in [0.717, 1.165) is 14.6 Å². The van der Waals surface area contributed by atoms with Gasteiger partial charge >= 0.3 is 0 Å². The van der Waals surface area contributed by atoms with E-state index in [0.29, 0.717) is 19.5 Å². The maximum Gasteiger partial charge on any atom is 0.147 e. The molecule has 0 saturated carbocycles. The summed E-state index contributed by atoms with van der Waals surface area (Å²) in [6.07, 6.45) is 3.60.